The van der Waals surface area contributed by atoms with Gasteiger partial charge >= 0.3 is 0 Å². The van der Waals surface area contributed by atoms with E-state index in [-0.39, 0.29) is 0 Å². The lowest BCUT2D eigenvalue weighted by molar-refractivity contribution is 1.39. The van der Waals surface area contributed by atoms with Crippen molar-refractivity contribution in [3.63, 3.8) is 0 Å². The average Bonchev–Trinajstić information content (AvgIpc) is 2.17. The van der Waals surface area contributed by atoms with Crippen molar-refractivity contribution in [2.45, 2.75) is 20.8 Å². The van der Waals surface area contributed by atoms with E-state index in [1.807, 2.05) is 55.5 Å². The van der Waals surface area contributed by atoms with Crippen LogP contribution in [0.2, 0.25) is 0 Å². The molecule has 80 valence electrons. The van der Waals surface area contributed by atoms with Gasteiger partial charge in [0.2, 0.25) is 0 Å². The third-order valence-electron chi connectivity index (χ3n) is 1.58. The zero-order valence-electron chi connectivity index (χ0n) is 9.90. The van der Waals surface area contributed by atoms with E-state index in [2.05, 4.69) is 26.5 Å². The molecule has 0 bridgehead atoms. The maximum absolute atomic E-state index is 3.91. The fraction of sp³-hybridized carbons (Fsp3) is 0.200. The van der Waals surface area contributed by atoms with Crippen LogP contribution in [0, 0.1) is 0 Å². The molecule has 0 fully saturated rings. The van der Waals surface area contributed by atoms with Gasteiger partial charge in [-0.25, -0.2) is 0 Å². The highest BCUT2D eigenvalue weighted by Crippen LogP contribution is 1.97. The first-order valence-electron chi connectivity index (χ1n) is 5.13. The fourth-order valence-electron chi connectivity index (χ4n) is 0.838. The topological polar surface area (TPSA) is 0 Å². The van der Waals surface area contributed by atoms with Crippen LogP contribution in [-0.2, 0) is 0 Å². The van der Waals surface area contributed by atoms with Crippen molar-refractivity contribution in [2.75, 3.05) is 0 Å². The average molecular weight is 200 g/mol. The van der Waals surface area contributed by atoms with Gasteiger partial charge in [0.25, 0.3) is 0 Å². The van der Waals surface area contributed by atoms with Crippen LogP contribution < -0.4 is 0 Å². The highest BCUT2D eigenvalue weighted by molar-refractivity contribution is 5.32. The van der Waals surface area contributed by atoms with E-state index >= 15 is 0 Å². The quantitative estimate of drug-likeness (QED) is 0.562. The van der Waals surface area contributed by atoms with Crippen LogP contribution in [0.4, 0.5) is 0 Å². The van der Waals surface area contributed by atoms with Gasteiger partial charge in [0.05, 0.1) is 0 Å². The summed E-state index contributed by atoms with van der Waals surface area (Å²) in [5.41, 5.74) is 2.29. The van der Waals surface area contributed by atoms with Gasteiger partial charge in [-0.15, -0.1) is 0 Å². The zero-order chi connectivity index (χ0) is 11.5. The summed E-state index contributed by atoms with van der Waals surface area (Å²) in [6.45, 7) is 10.1. The van der Waals surface area contributed by atoms with E-state index in [9.17, 15) is 0 Å². The van der Waals surface area contributed by atoms with Crippen molar-refractivity contribution >= 4 is 0 Å². The molecule has 15 heavy (non-hydrogen) atoms. The molecule has 0 saturated heterocycles. The highest BCUT2D eigenvalue weighted by Gasteiger charge is 1.77. The Morgan fingerprint density at radius 3 is 2.07 bits per heavy atom. The predicted octanol–water partition coefficient (Wildman–Crippen LogP) is 4.75. The van der Waals surface area contributed by atoms with Crippen molar-refractivity contribution < 1.29 is 0 Å². The van der Waals surface area contributed by atoms with E-state index in [0.29, 0.717) is 0 Å². The van der Waals surface area contributed by atoms with Gasteiger partial charge in [0.15, 0.2) is 0 Å². The summed E-state index contributed by atoms with van der Waals surface area (Å²) in [5.74, 6) is 0. The minimum Gasteiger partial charge on any atom is -0.0918 e. The van der Waals surface area contributed by atoms with Crippen molar-refractivity contribution in [3.05, 3.63) is 72.4 Å². The Bertz CT molecular complexity index is 316. The molecular formula is C15H20. The Hall–Kier alpha value is -1.56. The van der Waals surface area contributed by atoms with Gasteiger partial charge in [-0.1, -0.05) is 66.8 Å². The first-order valence-corrected chi connectivity index (χ1v) is 5.13. The van der Waals surface area contributed by atoms with E-state index in [0.717, 1.165) is 5.57 Å². The molecule has 0 aromatic rings. The predicted molar refractivity (Wildman–Crippen MR) is 70.8 cm³/mol. The summed E-state index contributed by atoms with van der Waals surface area (Å²) in [6, 6.07) is 0. The molecule has 0 N–H and O–H groups in total. The van der Waals surface area contributed by atoms with Crippen molar-refractivity contribution in [2.24, 2.45) is 0 Å². The second-order valence-corrected chi connectivity index (χ2v) is 3.45. The van der Waals surface area contributed by atoms with Gasteiger partial charge in [-0.3, -0.25) is 0 Å². The maximum Gasteiger partial charge on any atom is -0.0329 e. The molecule has 0 radical (unpaired) electrons. The molecule has 0 atom stereocenters. The molecule has 0 heteroatoms. The van der Waals surface area contributed by atoms with E-state index in [1.54, 1.807) is 0 Å². The Labute approximate surface area is 93.7 Å². The molecule has 0 spiro atoms. The van der Waals surface area contributed by atoms with Crippen LogP contribution in [0.25, 0.3) is 0 Å². The number of allylic oxidation sites excluding steroid dienone is 11. The largest absolute Gasteiger partial charge is 0.0918 e. The minimum atomic E-state index is 0.998. The van der Waals surface area contributed by atoms with Crippen molar-refractivity contribution in [1.82, 2.24) is 0 Å². The van der Waals surface area contributed by atoms with Gasteiger partial charge in [0, 0.05) is 0 Å². The summed E-state index contributed by atoms with van der Waals surface area (Å²) in [5, 5.41) is 0. The number of hydrogen-bond acceptors (Lipinski definition) is 0. The molecule has 0 aromatic heterocycles. The molecule has 0 nitrogen and oxygen atoms in total. The Balaban J connectivity index is 4.04. The van der Waals surface area contributed by atoms with Crippen LogP contribution in [0.5, 0.6) is 0 Å². The summed E-state index contributed by atoms with van der Waals surface area (Å²) in [7, 11) is 0. The fourth-order valence-corrected chi connectivity index (χ4v) is 0.838. The molecule has 0 rings (SSSR count). The summed E-state index contributed by atoms with van der Waals surface area (Å²) < 4.78 is 0. The molecule has 0 aliphatic heterocycles. The monoisotopic (exact) mass is 200 g/mol. The molecule has 0 aliphatic carbocycles. The second-order valence-electron chi connectivity index (χ2n) is 3.45. The SMILES string of the molecule is C=C(/C=C\C=C(C)C)/C=C/C=C\C=C/C. The Morgan fingerprint density at radius 1 is 0.867 bits per heavy atom. The molecule has 0 aliphatic rings. The lowest BCUT2D eigenvalue weighted by Crippen LogP contribution is -1.66. The Morgan fingerprint density at radius 2 is 1.47 bits per heavy atom. The third-order valence-corrected chi connectivity index (χ3v) is 1.58. The zero-order valence-corrected chi connectivity index (χ0v) is 9.90. The second kappa shape index (κ2) is 9.01. The molecule has 0 unspecified atom stereocenters. The molecule has 0 amide bonds. The van der Waals surface area contributed by atoms with Crippen molar-refractivity contribution in [3.8, 4) is 0 Å². The first-order chi connectivity index (χ1) is 7.16. The molecule has 0 aromatic carbocycles. The van der Waals surface area contributed by atoms with E-state index in [4.69, 9.17) is 0 Å². The van der Waals surface area contributed by atoms with Crippen LogP contribution in [0.1, 0.15) is 20.8 Å². The summed E-state index contributed by atoms with van der Waals surface area (Å²) in [6.07, 6.45) is 18.0. The standard InChI is InChI=1S/C15H20/c1-5-6-7-8-9-12-15(4)13-10-11-14(2)3/h5-13H,4H2,1-3H3/b6-5-,8-7-,12-9+,13-10-. The van der Waals surface area contributed by atoms with Gasteiger partial charge in [-0.05, 0) is 26.3 Å². The van der Waals surface area contributed by atoms with Gasteiger partial charge in [-0.2, -0.15) is 0 Å². The van der Waals surface area contributed by atoms with Crippen LogP contribution in [-0.4, -0.2) is 0 Å². The minimum absolute atomic E-state index is 0.998. The first kappa shape index (κ1) is 13.4. The van der Waals surface area contributed by atoms with Crippen LogP contribution in [0.15, 0.2) is 72.4 Å². The van der Waals surface area contributed by atoms with Crippen molar-refractivity contribution in [1.29, 1.82) is 0 Å². The molecule has 0 heterocycles. The normalized spacial score (nSPS) is 12.2. The van der Waals surface area contributed by atoms with Gasteiger partial charge < -0.3 is 0 Å². The summed E-state index contributed by atoms with van der Waals surface area (Å²) in [4.78, 5) is 0. The van der Waals surface area contributed by atoms with E-state index < -0.39 is 0 Å². The van der Waals surface area contributed by atoms with Crippen LogP contribution in [0.3, 0.4) is 0 Å². The lowest BCUT2D eigenvalue weighted by Gasteiger charge is -1.87. The summed E-state index contributed by atoms with van der Waals surface area (Å²) >= 11 is 0. The lowest BCUT2D eigenvalue weighted by atomic mass is 10.2. The van der Waals surface area contributed by atoms with E-state index in [1.165, 1.54) is 5.57 Å². The third kappa shape index (κ3) is 10.4. The highest BCUT2D eigenvalue weighted by atomic mass is 13.8. The number of hydrogen-bond donors (Lipinski definition) is 0. The maximum atomic E-state index is 3.91. The Kier molecular flexibility index (Phi) is 8.08. The van der Waals surface area contributed by atoms with Gasteiger partial charge in [0.1, 0.15) is 0 Å². The molecular weight excluding hydrogens is 180 g/mol. The smallest absolute Gasteiger partial charge is 0.0329 e. The van der Waals surface area contributed by atoms with Crippen LogP contribution >= 0.6 is 0 Å². The number of rotatable bonds is 5. The molecule has 0 saturated carbocycles.